The van der Waals surface area contributed by atoms with E-state index in [1.54, 1.807) is 18.2 Å². The molecule has 0 aromatic heterocycles. The van der Waals surface area contributed by atoms with Gasteiger partial charge in [-0.25, -0.2) is 0 Å². The van der Waals surface area contributed by atoms with Crippen molar-refractivity contribution in [2.45, 2.75) is 31.2 Å². The van der Waals surface area contributed by atoms with E-state index in [9.17, 15) is 4.79 Å². The van der Waals surface area contributed by atoms with Crippen LogP contribution in [-0.2, 0) is 0 Å². The smallest absolute Gasteiger partial charge is 0.251 e. The number of amides is 1. The van der Waals surface area contributed by atoms with Gasteiger partial charge in [-0.2, -0.15) is 0 Å². The highest BCUT2D eigenvalue weighted by molar-refractivity contribution is 9.09. The van der Waals surface area contributed by atoms with Crippen molar-refractivity contribution in [2.24, 2.45) is 0 Å². The summed E-state index contributed by atoms with van der Waals surface area (Å²) >= 11 is 3.52. The molecule has 0 spiro atoms. The Morgan fingerprint density at radius 2 is 2.00 bits per heavy atom. The highest BCUT2D eigenvalue weighted by Crippen LogP contribution is 2.34. The van der Waals surface area contributed by atoms with E-state index in [1.807, 2.05) is 0 Å². The molecule has 1 N–H and O–H groups in total. The quantitative estimate of drug-likeness (QED) is 0.869. The molecular weight excluding hydrogens is 310 g/mol. The van der Waals surface area contributed by atoms with Crippen molar-refractivity contribution in [3.63, 3.8) is 0 Å². The van der Waals surface area contributed by atoms with Crippen LogP contribution in [0.25, 0.3) is 0 Å². The minimum atomic E-state index is -0.0898. The summed E-state index contributed by atoms with van der Waals surface area (Å²) in [6.45, 7) is 0.228. The first kappa shape index (κ1) is 12.8. The number of benzene rings is 1. The van der Waals surface area contributed by atoms with Gasteiger partial charge in [-0.15, -0.1) is 0 Å². The average Bonchev–Trinajstić information content (AvgIpc) is 3.06. The Kier molecular flexibility index (Phi) is 3.39. The molecule has 5 heteroatoms. The van der Waals surface area contributed by atoms with Crippen LogP contribution < -0.4 is 14.8 Å². The lowest BCUT2D eigenvalue weighted by Crippen LogP contribution is -2.47. The zero-order valence-corrected chi connectivity index (χ0v) is 12.2. The van der Waals surface area contributed by atoms with Gasteiger partial charge in [-0.1, -0.05) is 28.8 Å². The minimum absolute atomic E-state index is 0.0420. The van der Waals surface area contributed by atoms with Crippen molar-refractivity contribution in [3.05, 3.63) is 23.8 Å². The summed E-state index contributed by atoms with van der Waals surface area (Å²) in [4.78, 5) is 12.3. The molecule has 1 aliphatic heterocycles. The topological polar surface area (TPSA) is 47.6 Å². The van der Waals surface area contributed by atoms with Gasteiger partial charge in [0, 0.05) is 10.9 Å². The van der Waals surface area contributed by atoms with E-state index < -0.39 is 0 Å². The Bertz CT molecular complexity index is 497. The first-order valence-corrected chi connectivity index (χ1v) is 7.63. The fraction of sp³-hybridized carbons (Fsp3) is 0.500. The fourth-order valence-corrected chi connectivity index (χ4v) is 3.40. The maximum absolute atomic E-state index is 12.3. The van der Waals surface area contributed by atoms with Gasteiger partial charge in [0.25, 0.3) is 5.91 Å². The number of carbonyl (C=O) groups is 1. The Hall–Kier alpha value is -1.23. The molecule has 1 saturated carbocycles. The van der Waals surface area contributed by atoms with Crippen molar-refractivity contribution >= 4 is 21.8 Å². The lowest BCUT2D eigenvalue weighted by atomic mass is 10.00. The van der Waals surface area contributed by atoms with Crippen molar-refractivity contribution in [1.29, 1.82) is 0 Å². The summed E-state index contributed by atoms with van der Waals surface area (Å²) in [5.74, 6) is 1.30. The van der Waals surface area contributed by atoms with E-state index in [4.69, 9.17) is 9.47 Å². The highest BCUT2D eigenvalue weighted by atomic mass is 79.9. The molecule has 1 aromatic carbocycles. The predicted octanol–water partition coefficient (Wildman–Crippen LogP) is 2.85. The first-order chi connectivity index (χ1) is 9.22. The number of ether oxygens (including phenoxy) is 2. The summed E-state index contributed by atoms with van der Waals surface area (Å²) in [6.07, 6.45) is 4.42. The predicted molar refractivity (Wildman–Crippen MR) is 75.0 cm³/mol. The fourth-order valence-electron chi connectivity index (χ4n) is 2.69. The van der Waals surface area contributed by atoms with Crippen molar-refractivity contribution < 1.29 is 14.3 Å². The SMILES string of the molecule is O=C(NC1(CBr)CCCC1)c1ccc2c(c1)OCO2. The van der Waals surface area contributed by atoms with Crippen LogP contribution >= 0.6 is 15.9 Å². The standard InChI is InChI=1S/C14H16BrNO3/c15-8-14(5-1-2-6-14)16-13(17)10-3-4-11-12(7-10)19-9-18-11/h3-4,7H,1-2,5-6,8-9H2,(H,16,17). The molecule has 1 fully saturated rings. The van der Waals surface area contributed by atoms with Gasteiger partial charge in [0.15, 0.2) is 11.5 Å². The van der Waals surface area contributed by atoms with Crippen LogP contribution in [0.4, 0.5) is 0 Å². The Morgan fingerprint density at radius 3 is 2.74 bits per heavy atom. The largest absolute Gasteiger partial charge is 0.454 e. The van der Waals surface area contributed by atoms with E-state index in [2.05, 4.69) is 21.2 Å². The van der Waals surface area contributed by atoms with Gasteiger partial charge in [0.1, 0.15) is 0 Å². The Balaban J connectivity index is 1.77. The van der Waals surface area contributed by atoms with Gasteiger partial charge in [0.2, 0.25) is 6.79 Å². The van der Waals surface area contributed by atoms with Crippen LogP contribution in [0.15, 0.2) is 18.2 Å². The zero-order valence-electron chi connectivity index (χ0n) is 10.6. The summed E-state index contributed by atoms with van der Waals surface area (Å²) in [6, 6.07) is 5.31. The minimum Gasteiger partial charge on any atom is -0.454 e. The highest BCUT2D eigenvalue weighted by Gasteiger charge is 2.34. The van der Waals surface area contributed by atoms with Gasteiger partial charge < -0.3 is 14.8 Å². The van der Waals surface area contributed by atoms with Crippen molar-refractivity contribution in [3.8, 4) is 11.5 Å². The van der Waals surface area contributed by atoms with E-state index in [1.165, 1.54) is 12.8 Å². The van der Waals surface area contributed by atoms with Gasteiger partial charge >= 0.3 is 0 Å². The number of rotatable bonds is 3. The number of fused-ring (bicyclic) bond motifs is 1. The molecule has 3 rings (SSSR count). The molecule has 102 valence electrons. The number of hydrogen-bond donors (Lipinski definition) is 1. The van der Waals surface area contributed by atoms with Gasteiger partial charge in [0.05, 0.1) is 5.54 Å². The van der Waals surface area contributed by atoms with E-state index in [0.29, 0.717) is 17.1 Å². The molecule has 19 heavy (non-hydrogen) atoms. The average molecular weight is 326 g/mol. The second kappa shape index (κ2) is 5.04. The van der Waals surface area contributed by atoms with E-state index in [0.717, 1.165) is 18.2 Å². The first-order valence-electron chi connectivity index (χ1n) is 6.51. The molecule has 2 aliphatic rings. The molecule has 0 atom stereocenters. The molecule has 1 aromatic rings. The second-order valence-corrected chi connectivity index (χ2v) is 5.70. The van der Waals surface area contributed by atoms with E-state index in [-0.39, 0.29) is 18.2 Å². The van der Waals surface area contributed by atoms with Crippen molar-refractivity contribution in [1.82, 2.24) is 5.32 Å². The molecular formula is C14H16BrNO3. The Morgan fingerprint density at radius 1 is 1.26 bits per heavy atom. The molecule has 0 unspecified atom stereocenters. The molecule has 0 saturated heterocycles. The van der Waals surface area contributed by atoms with Crippen LogP contribution in [0.3, 0.4) is 0 Å². The molecule has 4 nitrogen and oxygen atoms in total. The van der Waals surface area contributed by atoms with Crippen molar-refractivity contribution in [2.75, 3.05) is 12.1 Å². The van der Waals surface area contributed by atoms with Crippen LogP contribution in [0, 0.1) is 0 Å². The third-order valence-electron chi connectivity index (χ3n) is 3.83. The number of hydrogen-bond acceptors (Lipinski definition) is 3. The number of halogens is 1. The molecule has 1 aliphatic carbocycles. The molecule has 1 amide bonds. The number of alkyl halides is 1. The third-order valence-corrected chi connectivity index (χ3v) is 4.90. The summed E-state index contributed by atoms with van der Waals surface area (Å²) in [5, 5.41) is 3.97. The lowest BCUT2D eigenvalue weighted by Gasteiger charge is -2.28. The Labute approximate surface area is 120 Å². The maximum Gasteiger partial charge on any atom is 0.251 e. The van der Waals surface area contributed by atoms with Crippen LogP contribution in [-0.4, -0.2) is 23.6 Å². The van der Waals surface area contributed by atoms with Crippen LogP contribution in [0.5, 0.6) is 11.5 Å². The summed E-state index contributed by atoms with van der Waals surface area (Å²) < 4.78 is 10.5. The molecule has 0 radical (unpaired) electrons. The molecule has 0 bridgehead atoms. The van der Waals surface area contributed by atoms with Gasteiger partial charge in [-0.05, 0) is 31.0 Å². The summed E-state index contributed by atoms with van der Waals surface area (Å²) in [5.41, 5.74) is 0.532. The molecule has 1 heterocycles. The second-order valence-electron chi connectivity index (χ2n) is 5.14. The maximum atomic E-state index is 12.3. The van der Waals surface area contributed by atoms with Crippen LogP contribution in [0.1, 0.15) is 36.0 Å². The number of carbonyl (C=O) groups excluding carboxylic acids is 1. The van der Waals surface area contributed by atoms with Crippen LogP contribution in [0.2, 0.25) is 0 Å². The van der Waals surface area contributed by atoms with Gasteiger partial charge in [-0.3, -0.25) is 4.79 Å². The summed E-state index contributed by atoms with van der Waals surface area (Å²) in [7, 11) is 0. The zero-order chi connectivity index (χ0) is 13.3. The monoisotopic (exact) mass is 325 g/mol. The van der Waals surface area contributed by atoms with E-state index >= 15 is 0 Å². The third kappa shape index (κ3) is 2.43. The lowest BCUT2D eigenvalue weighted by molar-refractivity contribution is 0.0910. The normalized spacial score (nSPS) is 19.4. The number of nitrogens with one attached hydrogen (secondary N) is 1.